The molecule has 0 amide bonds. The number of nitriles is 1. The molecule has 1 aliphatic rings. The number of hydrogen-bond acceptors (Lipinski definition) is 12. The highest BCUT2D eigenvalue weighted by Gasteiger charge is 2.25. The summed E-state index contributed by atoms with van der Waals surface area (Å²) in [6, 6.07) is 20.5. The summed E-state index contributed by atoms with van der Waals surface area (Å²) in [5.41, 5.74) is 7.06. The van der Waals surface area contributed by atoms with Gasteiger partial charge < -0.3 is 30.0 Å². The van der Waals surface area contributed by atoms with Crippen LogP contribution in [0.2, 0.25) is 0 Å². The number of anilines is 1. The number of carboxylic acids is 1. The van der Waals surface area contributed by atoms with Gasteiger partial charge in [-0.3, -0.25) is 4.99 Å². The molecule has 6 rings (SSSR count). The van der Waals surface area contributed by atoms with Crippen LogP contribution < -0.4 is 19.9 Å². The number of halogens is 2. The van der Waals surface area contributed by atoms with E-state index in [9.17, 15) is 15.2 Å². The van der Waals surface area contributed by atoms with Crippen molar-refractivity contribution in [1.82, 2.24) is 19.9 Å². The van der Waals surface area contributed by atoms with Gasteiger partial charge >= 0.3 is 5.97 Å². The fourth-order valence-corrected chi connectivity index (χ4v) is 5.45. The summed E-state index contributed by atoms with van der Waals surface area (Å²) in [7, 11) is 1.82. The van der Waals surface area contributed by atoms with Crippen molar-refractivity contribution in [2.45, 2.75) is 16.7 Å². The molecule has 0 radical (unpaired) electrons. The van der Waals surface area contributed by atoms with E-state index in [0.717, 1.165) is 29.7 Å². The molecule has 246 valence electrons. The van der Waals surface area contributed by atoms with Crippen molar-refractivity contribution >= 4 is 29.4 Å². The van der Waals surface area contributed by atoms with E-state index in [1.54, 1.807) is 12.1 Å². The predicted molar refractivity (Wildman–Crippen MR) is 174 cm³/mol. The van der Waals surface area contributed by atoms with Crippen molar-refractivity contribution in [2.75, 3.05) is 25.9 Å². The first-order valence-corrected chi connectivity index (χ1v) is 15.4. The van der Waals surface area contributed by atoms with Gasteiger partial charge in [0, 0.05) is 30.8 Å². The highest BCUT2D eigenvalue weighted by Crippen LogP contribution is 2.39. The van der Waals surface area contributed by atoms with E-state index in [-0.39, 0.29) is 46.0 Å². The Labute approximate surface area is 282 Å². The summed E-state index contributed by atoms with van der Waals surface area (Å²) in [5.74, 6) is -4.38. The van der Waals surface area contributed by atoms with Crippen molar-refractivity contribution in [1.29, 1.82) is 5.26 Å². The normalized spacial score (nSPS) is 12.3. The third-order valence-electron chi connectivity index (χ3n) is 7.11. The number of nitrogens with zero attached hydrogens (tertiary/aromatic N) is 6. The maximum atomic E-state index is 16.0. The molecular weight excluding hydrogens is 656 g/mol. The van der Waals surface area contributed by atoms with E-state index in [1.165, 1.54) is 24.3 Å². The molecule has 0 atom stereocenters. The Morgan fingerprint density at radius 1 is 1.04 bits per heavy atom. The molecule has 0 saturated carbocycles. The van der Waals surface area contributed by atoms with Gasteiger partial charge in [0.2, 0.25) is 11.6 Å². The minimum absolute atomic E-state index is 0.0119. The number of amidine groups is 1. The number of rotatable bonds is 11. The zero-order valence-corrected chi connectivity index (χ0v) is 26.4. The standard InChI is InChI=1S/C34H25F2N7O5S/c1-43-12-11-39-31(43)22-14-21(49-34-41-16-23(33(44)45)30(38)42-34)8-10-25(22)47-29-24(35)17-40-32(28(29)36)48-27-13-20(15-37)7-9-26(27)46-18-19-5-3-2-4-6-19/h2-10,13-14,16-17H,11-12,18H2,1H3,(H,44,45)(H2,38,41,42). The number of carbonyl (C=O) groups is 1. The molecular formula is C34H25F2N7O5S. The fraction of sp³-hybridized carbons (Fsp3) is 0.118. The van der Waals surface area contributed by atoms with Crippen LogP contribution in [0.1, 0.15) is 27.0 Å². The minimum Gasteiger partial charge on any atom is -0.485 e. The quantitative estimate of drug-likeness (QED) is 0.149. The third kappa shape index (κ3) is 7.34. The first-order chi connectivity index (χ1) is 23.7. The number of benzene rings is 3. The second-order valence-electron chi connectivity index (χ2n) is 10.4. The van der Waals surface area contributed by atoms with Crippen molar-refractivity contribution in [3.8, 4) is 34.9 Å². The highest BCUT2D eigenvalue weighted by atomic mass is 32.2. The molecule has 0 bridgehead atoms. The van der Waals surface area contributed by atoms with Crippen LogP contribution in [0.15, 0.2) is 94.2 Å². The van der Waals surface area contributed by atoms with Gasteiger partial charge in [0.15, 0.2) is 22.5 Å². The maximum Gasteiger partial charge on any atom is 0.341 e. The van der Waals surface area contributed by atoms with Crippen LogP contribution in [0, 0.1) is 23.0 Å². The molecule has 5 aromatic rings. The van der Waals surface area contributed by atoms with Crippen LogP contribution in [-0.4, -0.2) is 56.9 Å². The molecule has 12 nitrogen and oxygen atoms in total. The zero-order chi connectivity index (χ0) is 34.5. The van der Waals surface area contributed by atoms with Gasteiger partial charge in [0.1, 0.15) is 29.6 Å². The Kier molecular flexibility index (Phi) is 9.49. The van der Waals surface area contributed by atoms with Gasteiger partial charge in [-0.15, -0.1) is 0 Å². The van der Waals surface area contributed by atoms with Gasteiger partial charge in [-0.2, -0.15) is 9.65 Å². The van der Waals surface area contributed by atoms with Crippen LogP contribution in [0.25, 0.3) is 0 Å². The number of nitrogens with two attached hydrogens (primary N) is 1. The molecule has 1 aliphatic heterocycles. The number of hydrogen-bond donors (Lipinski definition) is 2. The summed E-state index contributed by atoms with van der Waals surface area (Å²) in [6.07, 6.45) is 1.88. The van der Waals surface area contributed by atoms with E-state index >= 15 is 8.78 Å². The number of nitrogen functional groups attached to an aromatic ring is 1. The molecule has 0 fully saturated rings. The van der Waals surface area contributed by atoms with Crippen LogP contribution in [0.5, 0.6) is 28.9 Å². The van der Waals surface area contributed by atoms with E-state index in [4.69, 9.17) is 19.9 Å². The number of ether oxygens (including phenoxy) is 3. The highest BCUT2D eigenvalue weighted by molar-refractivity contribution is 7.99. The van der Waals surface area contributed by atoms with Crippen LogP contribution in [-0.2, 0) is 6.61 Å². The Morgan fingerprint density at radius 2 is 1.84 bits per heavy atom. The predicted octanol–water partition coefficient (Wildman–Crippen LogP) is 6.31. The molecule has 15 heteroatoms. The molecule has 0 unspecified atom stereocenters. The monoisotopic (exact) mass is 681 g/mol. The summed E-state index contributed by atoms with van der Waals surface area (Å²) in [4.78, 5) is 30.2. The summed E-state index contributed by atoms with van der Waals surface area (Å²) in [6.45, 7) is 1.26. The van der Waals surface area contributed by atoms with E-state index in [0.29, 0.717) is 29.4 Å². The molecule has 0 saturated heterocycles. The Hall–Kier alpha value is -6.27. The topological polar surface area (TPSA) is 169 Å². The van der Waals surface area contributed by atoms with Crippen LogP contribution in [0.3, 0.4) is 0 Å². The van der Waals surface area contributed by atoms with Crippen molar-refractivity contribution < 1.29 is 32.9 Å². The van der Waals surface area contributed by atoms with Crippen molar-refractivity contribution in [3.05, 3.63) is 113 Å². The lowest BCUT2D eigenvalue weighted by atomic mass is 10.1. The van der Waals surface area contributed by atoms with Gasteiger partial charge in [0.05, 0.1) is 29.9 Å². The van der Waals surface area contributed by atoms with Crippen LogP contribution >= 0.6 is 11.8 Å². The lowest BCUT2D eigenvalue weighted by Crippen LogP contribution is -2.24. The molecule has 3 heterocycles. The molecule has 2 aromatic heterocycles. The Morgan fingerprint density at radius 3 is 2.55 bits per heavy atom. The Bertz CT molecular complexity index is 2130. The minimum atomic E-state index is -1.25. The van der Waals surface area contributed by atoms with Crippen LogP contribution in [0.4, 0.5) is 14.6 Å². The first-order valence-electron chi connectivity index (χ1n) is 14.5. The number of carboxylic acid groups (broad SMARTS) is 1. The van der Waals surface area contributed by atoms with E-state index in [2.05, 4.69) is 19.9 Å². The van der Waals surface area contributed by atoms with Gasteiger partial charge in [-0.05, 0) is 47.7 Å². The summed E-state index contributed by atoms with van der Waals surface area (Å²) < 4.78 is 48.7. The fourth-order valence-electron chi connectivity index (χ4n) is 4.68. The molecule has 3 N–H and O–H groups in total. The average molecular weight is 682 g/mol. The Balaban J connectivity index is 1.31. The lowest BCUT2D eigenvalue weighted by Gasteiger charge is -2.19. The first kappa shape index (κ1) is 32.7. The largest absolute Gasteiger partial charge is 0.485 e. The SMILES string of the molecule is CN1CCN=C1c1cc(Sc2ncc(C(=O)O)c(N)n2)ccc1Oc1c(F)cnc(Oc2cc(C#N)ccc2OCc2ccccc2)c1F. The number of pyridine rings is 1. The molecule has 49 heavy (non-hydrogen) atoms. The smallest absolute Gasteiger partial charge is 0.341 e. The second kappa shape index (κ2) is 14.2. The third-order valence-corrected chi connectivity index (χ3v) is 7.98. The maximum absolute atomic E-state index is 16.0. The summed E-state index contributed by atoms with van der Waals surface area (Å²) in [5, 5.41) is 18.9. The number of likely N-dealkylation sites (N-methyl/N-ethyl adjacent to an activating group) is 1. The van der Waals surface area contributed by atoms with Crippen molar-refractivity contribution in [2.24, 2.45) is 4.99 Å². The zero-order valence-electron chi connectivity index (χ0n) is 25.6. The molecule has 3 aromatic carbocycles. The van der Waals surface area contributed by atoms with Gasteiger partial charge in [0.25, 0.3) is 5.88 Å². The van der Waals surface area contributed by atoms with E-state index < -0.39 is 29.2 Å². The molecule has 0 spiro atoms. The number of aromatic carboxylic acids is 1. The molecule has 0 aliphatic carbocycles. The van der Waals surface area contributed by atoms with Crippen molar-refractivity contribution in [3.63, 3.8) is 0 Å². The van der Waals surface area contributed by atoms with Gasteiger partial charge in [-0.25, -0.2) is 24.1 Å². The second-order valence-corrected chi connectivity index (χ2v) is 11.5. The lowest BCUT2D eigenvalue weighted by molar-refractivity contribution is 0.0697. The number of aromatic nitrogens is 3. The summed E-state index contributed by atoms with van der Waals surface area (Å²) >= 11 is 1.09. The van der Waals surface area contributed by atoms with Gasteiger partial charge in [-0.1, -0.05) is 30.3 Å². The van der Waals surface area contributed by atoms with E-state index in [1.807, 2.05) is 48.3 Å². The number of aliphatic imine (C=N–C) groups is 1. The average Bonchev–Trinajstić information content (AvgIpc) is 3.53.